The minimum Gasteiger partial charge on any atom is -0.426 e. The summed E-state index contributed by atoms with van der Waals surface area (Å²) >= 11 is 0. The topological polar surface area (TPSA) is 81.4 Å². The van der Waals surface area contributed by atoms with Crippen LogP contribution in [0.4, 0.5) is 11.7 Å². The highest BCUT2D eigenvalue weighted by Crippen LogP contribution is 2.22. The number of unbranched alkanes of at least 4 members (excludes halogenated alkanes) is 11. The van der Waals surface area contributed by atoms with E-state index in [4.69, 9.17) is 9.15 Å². The summed E-state index contributed by atoms with van der Waals surface area (Å²) in [7, 11) is 0. The van der Waals surface area contributed by atoms with Gasteiger partial charge in [-0.05, 0) is 56.4 Å². The van der Waals surface area contributed by atoms with Crippen LogP contribution in [0.2, 0.25) is 0 Å². The number of ether oxygens (including phenoxy) is 1. The second-order valence-corrected chi connectivity index (χ2v) is 9.78. The Morgan fingerprint density at radius 3 is 2.32 bits per heavy atom. The molecule has 3 aromatic rings. The Morgan fingerprint density at radius 1 is 0.868 bits per heavy atom. The van der Waals surface area contributed by atoms with Gasteiger partial charge in [0.25, 0.3) is 0 Å². The molecule has 3 rings (SSSR count). The number of aromatic nitrogens is 1. The highest BCUT2D eigenvalue weighted by molar-refractivity contribution is 5.78. The van der Waals surface area contributed by atoms with Crippen molar-refractivity contribution in [3.05, 3.63) is 71.1 Å². The first-order valence-corrected chi connectivity index (χ1v) is 14.3. The molecule has 1 N–H and O–H groups in total. The fraction of sp³-hybridized carbons (Fsp3) is 0.469. The molecule has 1 aromatic heterocycles. The van der Waals surface area contributed by atoms with Crippen molar-refractivity contribution < 1.29 is 13.9 Å². The Morgan fingerprint density at radius 2 is 1.55 bits per heavy atom. The number of anilines is 2. The summed E-state index contributed by atoms with van der Waals surface area (Å²) in [5.41, 5.74) is 0.705. The van der Waals surface area contributed by atoms with Crippen LogP contribution in [-0.4, -0.2) is 11.0 Å². The number of rotatable bonds is 18. The molecule has 0 saturated heterocycles. The van der Waals surface area contributed by atoms with Crippen molar-refractivity contribution in [2.24, 2.45) is 0 Å². The van der Waals surface area contributed by atoms with Crippen LogP contribution in [0, 0.1) is 0 Å². The smallest absolute Gasteiger partial charge is 0.348 e. The molecule has 0 saturated carbocycles. The maximum absolute atomic E-state index is 12.3. The van der Waals surface area contributed by atoms with Crippen LogP contribution in [0.5, 0.6) is 5.75 Å². The van der Waals surface area contributed by atoms with E-state index in [1.54, 1.807) is 42.5 Å². The predicted molar refractivity (Wildman–Crippen MR) is 155 cm³/mol. The number of hydrogen-bond acceptors (Lipinski definition) is 6. The van der Waals surface area contributed by atoms with E-state index in [0.717, 1.165) is 25.7 Å². The molecule has 0 spiro atoms. The summed E-state index contributed by atoms with van der Waals surface area (Å²) in [5, 5.41) is 3.40. The first-order chi connectivity index (χ1) is 18.7. The molecular formula is C32H42N2O4. The zero-order valence-electron chi connectivity index (χ0n) is 22.8. The van der Waals surface area contributed by atoms with Gasteiger partial charge in [0.2, 0.25) is 0 Å². The number of allylic oxidation sites excluding steroid dienone is 2. The van der Waals surface area contributed by atoms with Gasteiger partial charge < -0.3 is 14.5 Å². The van der Waals surface area contributed by atoms with Crippen LogP contribution in [0.1, 0.15) is 96.8 Å². The predicted octanol–water partition coefficient (Wildman–Crippen LogP) is 8.87. The van der Waals surface area contributed by atoms with Crippen LogP contribution in [-0.2, 0) is 4.79 Å². The molecule has 1 heterocycles. The summed E-state index contributed by atoms with van der Waals surface area (Å²) < 4.78 is 10.8. The third-order valence-electron chi connectivity index (χ3n) is 6.50. The fourth-order valence-electron chi connectivity index (χ4n) is 4.36. The number of para-hydroxylation sites is 1. The molecule has 0 unspecified atom stereocenters. The first kappa shape index (κ1) is 29.2. The van der Waals surface area contributed by atoms with E-state index in [0.29, 0.717) is 28.8 Å². The number of benzene rings is 2. The van der Waals surface area contributed by atoms with E-state index in [1.807, 2.05) is 6.07 Å². The molecule has 2 aromatic carbocycles. The van der Waals surface area contributed by atoms with Gasteiger partial charge in [-0.15, -0.1) is 0 Å². The van der Waals surface area contributed by atoms with Crippen LogP contribution < -0.4 is 15.7 Å². The van der Waals surface area contributed by atoms with E-state index in [1.165, 1.54) is 57.8 Å². The van der Waals surface area contributed by atoms with Crippen LogP contribution >= 0.6 is 0 Å². The SMILES string of the molecule is CCCCCCCC/C=C/CCCCCCCC(=O)Oc1cccc(Nc2nc3ccccc3c(=O)o2)c1. The zero-order chi connectivity index (χ0) is 26.8. The largest absolute Gasteiger partial charge is 0.426 e. The van der Waals surface area contributed by atoms with Crippen molar-refractivity contribution in [2.45, 2.75) is 96.8 Å². The molecule has 38 heavy (non-hydrogen) atoms. The normalized spacial score (nSPS) is 11.3. The molecule has 0 aliphatic heterocycles. The third-order valence-corrected chi connectivity index (χ3v) is 6.50. The Hall–Kier alpha value is -3.41. The van der Waals surface area contributed by atoms with E-state index in [-0.39, 0.29) is 12.0 Å². The number of carbonyl (C=O) groups excluding carboxylic acids is 1. The summed E-state index contributed by atoms with van der Waals surface area (Å²) in [5.74, 6) is 0.200. The Balaban J connectivity index is 1.27. The summed E-state index contributed by atoms with van der Waals surface area (Å²) in [6, 6.07) is 14.1. The number of esters is 1. The summed E-state index contributed by atoms with van der Waals surface area (Å²) in [6.07, 6.45) is 21.0. The van der Waals surface area contributed by atoms with Gasteiger partial charge in [0.05, 0.1) is 10.9 Å². The Labute approximate surface area is 226 Å². The number of fused-ring (bicyclic) bond motifs is 1. The molecule has 204 valence electrons. The van der Waals surface area contributed by atoms with Gasteiger partial charge >= 0.3 is 17.6 Å². The highest BCUT2D eigenvalue weighted by Gasteiger charge is 2.09. The number of carbonyl (C=O) groups is 1. The van der Waals surface area contributed by atoms with Crippen molar-refractivity contribution in [1.82, 2.24) is 4.98 Å². The number of nitrogens with one attached hydrogen (secondary N) is 1. The maximum Gasteiger partial charge on any atom is 0.348 e. The lowest BCUT2D eigenvalue weighted by atomic mass is 10.1. The lowest BCUT2D eigenvalue weighted by Crippen LogP contribution is -2.08. The molecule has 0 fully saturated rings. The number of nitrogens with zero attached hydrogens (tertiary/aromatic N) is 1. The maximum atomic E-state index is 12.3. The van der Waals surface area contributed by atoms with Crippen LogP contribution in [0.25, 0.3) is 10.9 Å². The van der Waals surface area contributed by atoms with Crippen molar-refractivity contribution in [1.29, 1.82) is 0 Å². The zero-order valence-corrected chi connectivity index (χ0v) is 22.8. The Kier molecular flexibility index (Phi) is 13.2. The summed E-state index contributed by atoms with van der Waals surface area (Å²) in [4.78, 5) is 28.8. The van der Waals surface area contributed by atoms with Gasteiger partial charge in [-0.2, -0.15) is 4.98 Å². The van der Waals surface area contributed by atoms with Crippen molar-refractivity contribution in [3.63, 3.8) is 0 Å². The molecule has 6 heteroatoms. The molecule has 0 aliphatic carbocycles. The van der Waals surface area contributed by atoms with Gasteiger partial charge in [0, 0.05) is 18.2 Å². The Bertz CT molecular complexity index is 1200. The summed E-state index contributed by atoms with van der Waals surface area (Å²) in [6.45, 7) is 2.26. The van der Waals surface area contributed by atoms with E-state index < -0.39 is 5.63 Å². The minimum absolute atomic E-state index is 0.0884. The molecular weight excluding hydrogens is 476 g/mol. The second kappa shape index (κ2) is 17.2. The molecule has 0 atom stereocenters. The number of hydrogen-bond donors (Lipinski definition) is 1. The molecule has 0 radical (unpaired) electrons. The van der Waals surface area contributed by atoms with Crippen LogP contribution in [0.15, 0.2) is 69.9 Å². The van der Waals surface area contributed by atoms with Crippen LogP contribution in [0.3, 0.4) is 0 Å². The van der Waals surface area contributed by atoms with E-state index in [9.17, 15) is 9.59 Å². The monoisotopic (exact) mass is 518 g/mol. The molecule has 6 nitrogen and oxygen atoms in total. The lowest BCUT2D eigenvalue weighted by molar-refractivity contribution is -0.134. The van der Waals surface area contributed by atoms with Crippen molar-refractivity contribution in [3.8, 4) is 5.75 Å². The standard InChI is InChI=1S/C32H42N2O4/c1-2-3-4-5-6-7-8-9-10-11-12-13-14-15-16-24-30(35)37-27-21-19-20-26(25-27)33-32-34-29-23-18-17-22-28(29)31(36)38-32/h9-10,17-23,25H,2-8,11-16,24H2,1H3,(H,33,34)/b10-9+. The minimum atomic E-state index is -0.458. The molecule has 0 bridgehead atoms. The van der Waals surface area contributed by atoms with Crippen molar-refractivity contribution >= 4 is 28.6 Å². The molecule has 0 aliphatic rings. The van der Waals surface area contributed by atoms with Gasteiger partial charge in [0.1, 0.15) is 5.75 Å². The van der Waals surface area contributed by atoms with Gasteiger partial charge in [0.15, 0.2) is 0 Å². The quantitative estimate of drug-likeness (QED) is 0.0784. The first-order valence-electron chi connectivity index (χ1n) is 14.3. The van der Waals surface area contributed by atoms with Gasteiger partial charge in [-0.3, -0.25) is 4.79 Å². The van der Waals surface area contributed by atoms with Crippen molar-refractivity contribution in [2.75, 3.05) is 5.32 Å². The van der Waals surface area contributed by atoms with E-state index in [2.05, 4.69) is 29.4 Å². The average molecular weight is 519 g/mol. The highest BCUT2D eigenvalue weighted by atomic mass is 16.5. The fourth-order valence-corrected chi connectivity index (χ4v) is 4.36. The lowest BCUT2D eigenvalue weighted by Gasteiger charge is -2.08. The van der Waals surface area contributed by atoms with Gasteiger partial charge in [-0.25, -0.2) is 4.79 Å². The second-order valence-electron chi connectivity index (χ2n) is 9.78. The average Bonchev–Trinajstić information content (AvgIpc) is 2.91. The molecule has 0 amide bonds. The third kappa shape index (κ3) is 10.9. The van der Waals surface area contributed by atoms with E-state index >= 15 is 0 Å². The van der Waals surface area contributed by atoms with Gasteiger partial charge in [-0.1, -0.05) is 88.6 Å².